The maximum atomic E-state index is 12.8. The normalized spacial score (nSPS) is 11.9. The Hall–Kier alpha value is -3.09. The first-order valence-corrected chi connectivity index (χ1v) is 7.79. The van der Waals surface area contributed by atoms with Crippen LogP contribution in [0.4, 0.5) is 5.69 Å². The van der Waals surface area contributed by atoms with Gasteiger partial charge >= 0.3 is 0 Å². The van der Waals surface area contributed by atoms with E-state index in [4.69, 9.17) is 0 Å². The molecule has 0 spiro atoms. The van der Waals surface area contributed by atoms with E-state index in [0.717, 1.165) is 23.2 Å². The van der Waals surface area contributed by atoms with Crippen LogP contribution in [-0.4, -0.2) is 31.5 Å². The molecule has 0 fully saturated rings. The largest absolute Gasteiger partial charge is 0.325 e. The van der Waals surface area contributed by atoms with E-state index >= 15 is 0 Å². The highest BCUT2D eigenvalue weighted by molar-refractivity contribution is 5.96. The standard InChI is InChI=1S/C17H18N6O/c1-2-13-7-3-4-8-15(13)19-17(24)14(16-20-22-23-21-16)10-12-6-5-9-18-11-12/h3-9,11,14H,2,10H2,1H3,(H,19,24)(H,20,21,22,23)/t14-/m1/s1. The summed E-state index contributed by atoms with van der Waals surface area (Å²) < 4.78 is 0. The van der Waals surface area contributed by atoms with Gasteiger partial charge in [0, 0.05) is 18.1 Å². The van der Waals surface area contributed by atoms with Crippen molar-refractivity contribution in [1.82, 2.24) is 25.6 Å². The molecule has 2 heterocycles. The van der Waals surface area contributed by atoms with Crippen molar-refractivity contribution in [2.24, 2.45) is 0 Å². The predicted molar refractivity (Wildman–Crippen MR) is 89.3 cm³/mol. The number of nitrogens with zero attached hydrogens (tertiary/aromatic N) is 4. The van der Waals surface area contributed by atoms with Gasteiger partial charge in [-0.2, -0.15) is 5.21 Å². The van der Waals surface area contributed by atoms with Gasteiger partial charge in [-0.05, 0) is 36.1 Å². The lowest BCUT2D eigenvalue weighted by molar-refractivity contribution is -0.117. The summed E-state index contributed by atoms with van der Waals surface area (Å²) in [6, 6.07) is 11.5. The highest BCUT2D eigenvalue weighted by atomic mass is 16.1. The number of carbonyl (C=O) groups excluding carboxylic acids is 1. The van der Waals surface area contributed by atoms with Crippen LogP contribution in [0.3, 0.4) is 0 Å². The minimum Gasteiger partial charge on any atom is -0.325 e. The molecule has 24 heavy (non-hydrogen) atoms. The van der Waals surface area contributed by atoms with Gasteiger partial charge in [0.05, 0.1) is 0 Å². The fourth-order valence-corrected chi connectivity index (χ4v) is 2.54. The van der Waals surface area contributed by atoms with Crippen molar-refractivity contribution < 1.29 is 4.79 Å². The highest BCUT2D eigenvalue weighted by Crippen LogP contribution is 2.21. The number of pyridine rings is 1. The second-order valence-electron chi connectivity index (χ2n) is 5.39. The first kappa shape index (κ1) is 15.8. The van der Waals surface area contributed by atoms with Crippen LogP contribution in [0.2, 0.25) is 0 Å². The van der Waals surface area contributed by atoms with Crippen molar-refractivity contribution in [3.63, 3.8) is 0 Å². The van der Waals surface area contributed by atoms with Crippen molar-refractivity contribution in [1.29, 1.82) is 0 Å². The average Bonchev–Trinajstić information content (AvgIpc) is 3.15. The molecule has 3 rings (SSSR count). The van der Waals surface area contributed by atoms with Crippen LogP contribution in [0.25, 0.3) is 0 Å². The Morgan fingerprint density at radius 2 is 2.12 bits per heavy atom. The van der Waals surface area contributed by atoms with Crippen LogP contribution < -0.4 is 5.32 Å². The van der Waals surface area contributed by atoms with E-state index in [0.29, 0.717) is 12.2 Å². The second kappa shape index (κ2) is 7.45. The molecule has 0 radical (unpaired) electrons. The minimum atomic E-state index is -0.544. The number of H-pyrrole nitrogens is 1. The molecule has 2 N–H and O–H groups in total. The van der Waals surface area contributed by atoms with Crippen LogP contribution in [0.15, 0.2) is 48.8 Å². The Morgan fingerprint density at radius 1 is 1.25 bits per heavy atom. The molecule has 1 aromatic carbocycles. The van der Waals surface area contributed by atoms with Crippen LogP contribution >= 0.6 is 0 Å². The summed E-state index contributed by atoms with van der Waals surface area (Å²) in [5.41, 5.74) is 2.83. The van der Waals surface area contributed by atoms with E-state index < -0.39 is 5.92 Å². The number of anilines is 1. The van der Waals surface area contributed by atoms with Gasteiger partial charge in [-0.1, -0.05) is 36.4 Å². The number of amides is 1. The number of aromatic nitrogens is 5. The minimum absolute atomic E-state index is 0.166. The molecule has 7 heteroatoms. The van der Waals surface area contributed by atoms with Gasteiger partial charge < -0.3 is 5.32 Å². The molecule has 7 nitrogen and oxygen atoms in total. The molecule has 0 aliphatic heterocycles. The van der Waals surface area contributed by atoms with Crippen molar-refractivity contribution in [2.45, 2.75) is 25.7 Å². The Labute approximate surface area is 139 Å². The SMILES string of the molecule is CCc1ccccc1NC(=O)[C@H](Cc1cccnc1)c1nn[nH]n1. The zero-order valence-corrected chi connectivity index (χ0v) is 13.3. The predicted octanol–water partition coefficient (Wildman–Crippen LogP) is 2.12. The summed E-state index contributed by atoms with van der Waals surface area (Å²) in [5.74, 6) is -0.343. The van der Waals surface area contributed by atoms with Crippen molar-refractivity contribution in [2.75, 3.05) is 5.32 Å². The molecule has 0 aliphatic rings. The van der Waals surface area contributed by atoms with Crippen LogP contribution in [0.1, 0.15) is 29.8 Å². The quantitative estimate of drug-likeness (QED) is 0.724. The van der Waals surface area contributed by atoms with E-state index in [-0.39, 0.29) is 5.91 Å². The molecule has 1 atom stereocenters. The highest BCUT2D eigenvalue weighted by Gasteiger charge is 2.26. The summed E-state index contributed by atoms with van der Waals surface area (Å²) in [6.45, 7) is 2.05. The molecule has 122 valence electrons. The van der Waals surface area contributed by atoms with Crippen LogP contribution in [0.5, 0.6) is 0 Å². The van der Waals surface area contributed by atoms with Crippen molar-refractivity contribution in [3.8, 4) is 0 Å². The number of nitrogens with one attached hydrogen (secondary N) is 2. The monoisotopic (exact) mass is 322 g/mol. The number of aromatic amines is 1. The number of hydrogen-bond acceptors (Lipinski definition) is 5. The first-order valence-electron chi connectivity index (χ1n) is 7.79. The number of carbonyl (C=O) groups is 1. The lowest BCUT2D eigenvalue weighted by Gasteiger charge is -2.15. The molecular formula is C17H18N6O. The van der Waals surface area contributed by atoms with Crippen LogP contribution in [0, 0.1) is 0 Å². The smallest absolute Gasteiger partial charge is 0.235 e. The number of benzene rings is 1. The molecule has 0 saturated carbocycles. The van der Waals surface area contributed by atoms with E-state index in [9.17, 15) is 4.79 Å². The third-order valence-corrected chi connectivity index (χ3v) is 3.81. The van der Waals surface area contributed by atoms with Gasteiger partial charge in [0.1, 0.15) is 5.92 Å². The Bertz CT molecular complexity index is 788. The maximum absolute atomic E-state index is 12.8. The average molecular weight is 322 g/mol. The lowest BCUT2D eigenvalue weighted by atomic mass is 9.98. The number of tetrazole rings is 1. The fraction of sp³-hybridized carbons (Fsp3) is 0.235. The second-order valence-corrected chi connectivity index (χ2v) is 5.39. The number of hydrogen-bond donors (Lipinski definition) is 2. The van der Waals surface area contributed by atoms with Gasteiger partial charge in [-0.15, -0.1) is 10.2 Å². The maximum Gasteiger partial charge on any atom is 0.235 e. The van der Waals surface area contributed by atoms with E-state index in [1.807, 2.05) is 36.4 Å². The number of aryl methyl sites for hydroxylation is 1. The van der Waals surface area contributed by atoms with E-state index in [1.165, 1.54) is 0 Å². The van der Waals surface area contributed by atoms with Gasteiger partial charge in [-0.3, -0.25) is 9.78 Å². The Morgan fingerprint density at radius 3 is 2.83 bits per heavy atom. The summed E-state index contributed by atoms with van der Waals surface area (Å²) in [7, 11) is 0. The number of rotatable bonds is 6. The lowest BCUT2D eigenvalue weighted by Crippen LogP contribution is -2.24. The summed E-state index contributed by atoms with van der Waals surface area (Å²) >= 11 is 0. The topological polar surface area (TPSA) is 96.5 Å². The van der Waals surface area contributed by atoms with Crippen molar-refractivity contribution in [3.05, 3.63) is 65.7 Å². The van der Waals surface area contributed by atoms with Gasteiger partial charge in [0.2, 0.25) is 5.91 Å². The molecule has 2 aromatic heterocycles. The summed E-state index contributed by atoms with van der Waals surface area (Å²) in [5, 5.41) is 17.0. The molecule has 1 amide bonds. The molecule has 0 aliphatic carbocycles. The van der Waals surface area contributed by atoms with Gasteiger partial charge in [0.15, 0.2) is 5.82 Å². The first-order chi connectivity index (χ1) is 11.8. The zero-order chi connectivity index (χ0) is 16.8. The third-order valence-electron chi connectivity index (χ3n) is 3.81. The molecular weight excluding hydrogens is 304 g/mol. The molecule has 3 aromatic rings. The van der Waals surface area contributed by atoms with E-state index in [2.05, 4.69) is 37.8 Å². The fourth-order valence-electron chi connectivity index (χ4n) is 2.54. The third kappa shape index (κ3) is 3.62. The van der Waals surface area contributed by atoms with Crippen LogP contribution in [-0.2, 0) is 17.6 Å². The Kier molecular flexibility index (Phi) is 4.90. The zero-order valence-electron chi connectivity index (χ0n) is 13.3. The number of para-hydroxylation sites is 1. The van der Waals surface area contributed by atoms with E-state index in [1.54, 1.807) is 12.4 Å². The molecule has 0 saturated heterocycles. The summed E-state index contributed by atoms with van der Waals surface area (Å²) in [6.07, 6.45) is 4.73. The molecule has 0 unspecified atom stereocenters. The molecule has 0 bridgehead atoms. The summed E-state index contributed by atoms with van der Waals surface area (Å²) in [4.78, 5) is 16.9. The van der Waals surface area contributed by atoms with Crippen molar-refractivity contribution >= 4 is 11.6 Å². The van der Waals surface area contributed by atoms with Gasteiger partial charge in [-0.25, -0.2) is 0 Å². The van der Waals surface area contributed by atoms with Gasteiger partial charge in [0.25, 0.3) is 0 Å². The Balaban J connectivity index is 1.84.